The van der Waals surface area contributed by atoms with Crippen LogP contribution in [0.5, 0.6) is 0 Å². The second-order valence-electron chi connectivity index (χ2n) is 3.24. The zero-order chi connectivity index (χ0) is 9.68. The summed E-state index contributed by atoms with van der Waals surface area (Å²) < 4.78 is 5.42. The van der Waals surface area contributed by atoms with Crippen molar-refractivity contribution in [3.05, 3.63) is 12.4 Å². The van der Waals surface area contributed by atoms with Crippen molar-refractivity contribution in [3.63, 3.8) is 0 Å². The van der Waals surface area contributed by atoms with Crippen LogP contribution in [0.2, 0.25) is 0 Å². The lowest BCUT2D eigenvalue weighted by atomic mass is 10.5. The van der Waals surface area contributed by atoms with Crippen LogP contribution in [0.3, 0.4) is 0 Å². The molecular weight excluding hydrogens is 200 g/mol. The van der Waals surface area contributed by atoms with Crippen LogP contribution in [-0.2, 0) is 4.74 Å². The van der Waals surface area contributed by atoms with Crippen molar-refractivity contribution >= 4 is 0 Å². The van der Waals surface area contributed by atoms with Gasteiger partial charge < -0.3 is 22.0 Å². The van der Waals surface area contributed by atoms with Gasteiger partial charge in [0.25, 0.3) is 0 Å². The number of nitrogens with one attached hydrogen (secondary N) is 1. The van der Waals surface area contributed by atoms with E-state index in [1.54, 1.807) is 0 Å². The molecule has 0 amide bonds. The lowest BCUT2D eigenvalue weighted by Gasteiger charge is -2.21. The molecule has 0 radical (unpaired) electrons. The molecule has 0 aliphatic carbocycles. The normalized spacial score (nSPS) is 24.5. The number of ether oxygens (including phenoxy) is 1. The molecule has 14 heavy (non-hydrogen) atoms. The predicted octanol–water partition coefficient (Wildman–Crippen LogP) is -3.36. The maximum Gasteiger partial charge on any atom is 0.187 e. The van der Waals surface area contributed by atoms with Gasteiger partial charge in [-0.05, 0) is 0 Å². The zero-order valence-electron chi connectivity index (χ0n) is 8.66. The Labute approximate surface area is 92.1 Å². The molecule has 1 heterocycles. The van der Waals surface area contributed by atoms with E-state index < -0.39 is 0 Å². The summed E-state index contributed by atoms with van der Waals surface area (Å²) in [7, 11) is 2.07. The van der Waals surface area contributed by atoms with E-state index >= 15 is 0 Å². The van der Waals surface area contributed by atoms with Crippen molar-refractivity contribution in [2.45, 2.75) is 19.5 Å². The Morgan fingerprint density at radius 3 is 2.86 bits per heavy atom. The van der Waals surface area contributed by atoms with E-state index in [1.165, 1.54) is 4.90 Å². The Kier molecular flexibility index (Phi) is 6.39. The summed E-state index contributed by atoms with van der Waals surface area (Å²) in [4.78, 5) is 3.49. The first-order chi connectivity index (χ1) is 6.25. The summed E-state index contributed by atoms with van der Waals surface area (Å²) in [5.74, 6) is 2.55. The van der Waals surface area contributed by atoms with Crippen molar-refractivity contribution in [2.75, 3.05) is 20.4 Å². The van der Waals surface area contributed by atoms with Crippen LogP contribution in [0.25, 0.3) is 0 Å². The summed E-state index contributed by atoms with van der Waals surface area (Å²) >= 11 is 0. The maximum absolute atomic E-state index is 5.42. The van der Waals surface area contributed by atoms with E-state index in [9.17, 15) is 0 Å². The van der Waals surface area contributed by atoms with Crippen LogP contribution in [0.4, 0.5) is 0 Å². The Balaban J connectivity index is 0.00000169. The molecule has 0 aromatic rings. The van der Waals surface area contributed by atoms with E-state index in [-0.39, 0.29) is 12.4 Å². The number of rotatable bonds is 4. The molecule has 0 bridgehead atoms. The Bertz CT molecular complexity index is 225. The highest BCUT2D eigenvalue weighted by Crippen LogP contribution is 1.93. The second-order valence-corrected chi connectivity index (χ2v) is 3.24. The van der Waals surface area contributed by atoms with Gasteiger partial charge in [0.1, 0.15) is 6.20 Å². The van der Waals surface area contributed by atoms with Gasteiger partial charge in [0.05, 0.1) is 12.8 Å². The Morgan fingerprint density at radius 1 is 1.64 bits per heavy atom. The highest BCUT2D eigenvalue weighted by Gasteiger charge is 2.23. The molecule has 0 aromatic carbocycles. The fraction of sp³-hybridized carbons (Fsp3) is 0.600. The monoisotopic (exact) mass is 216 g/mol. The Hall–Kier alpha value is -0.690. The van der Waals surface area contributed by atoms with Gasteiger partial charge in [-0.1, -0.05) is 0 Å². The van der Waals surface area contributed by atoms with E-state index in [0.717, 1.165) is 0 Å². The van der Waals surface area contributed by atoms with Gasteiger partial charge in [0, 0.05) is 20.4 Å². The van der Waals surface area contributed by atoms with E-state index in [0.29, 0.717) is 25.9 Å². The fourth-order valence-corrected chi connectivity index (χ4v) is 1.23. The first kappa shape index (κ1) is 13.3. The second kappa shape index (κ2) is 6.72. The molecule has 1 aliphatic heterocycles. The number of quaternary nitrogens is 1. The predicted molar refractivity (Wildman–Crippen MR) is 51.6 cm³/mol. The van der Waals surface area contributed by atoms with Gasteiger partial charge in [0.15, 0.2) is 12.9 Å². The first-order valence-electron chi connectivity index (χ1n) is 4.52. The number of nitrogens with zero attached hydrogens (tertiary/aromatic N) is 1. The van der Waals surface area contributed by atoms with E-state index in [2.05, 4.69) is 37.2 Å². The van der Waals surface area contributed by atoms with Crippen LogP contribution >= 0.6 is 0 Å². The highest BCUT2D eigenvalue weighted by molar-refractivity contribution is 4.82. The van der Waals surface area contributed by atoms with Gasteiger partial charge in [-0.2, -0.15) is 0 Å². The largest absolute Gasteiger partial charge is 1.00 e. The van der Waals surface area contributed by atoms with Crippen LogP contribution in [0.15, 0.2) is 12.4 Å². The summed E-state index contributed by atoms with van der Waals surface area (Å²) in [6.45, 7) is 3.52. The molecule has 2 unspecified atom stereocenters. The third-order valence-electron chi connectivity index (χ3n) is 2.33. The SMILES string of the molecule is C#CCCOC[NH+]1C=CN(C)C1C.[Cl-]. The van der Waals surface area contributed by atoms with Gasteiger partial charge >= 0.3 is 0 Å². The molecular formula is C10H17ClN2O. The summed E-state index contributed by atoms with van der Waals surface area (Å²) in [6, 6.07) is 0. The topological polar surface area (TPSA) is 16.9 Å². The molecule has 1 aliphatic rings. The quantitative estimate of drug-likeness (QED) is 0.391. The smallest absolute Gasteiger partial charge is 0.187 e. The molecule has 3 nitrogen and oxygen atoms in total. The number of halogens is 1. The zero-order valence-corrected chi connectivity index (χ0v) is 9.42. The number of terminal acetylenes is 1. The third-order valence-corrected chi connectivity index (χ3v) is 2.33. The fourth-order valence-electron chi connectivity index (χ4n) is 1.23. The van der Waals surface area contributed by atoms with Crippen molar-refractivity contribution in [3.8, 4) is 12.3 Å². The average molecular weight is 217 g/mol. The maximum atomic E-state index is 5.42. The lowest BCUT2D eigenvalue weighted by Crippen LogP contribution is -3.11. The third kappa shape index (κ3) is 3.59. The molecule has 80 valence electrons. The van der Waals surface area contributed by atoms with Crippen molar-refractivity contribution in [1.29, 1.82) is 0 Å². The minimum absolute atomic E-state index is 0. The summed E-state index contributed by atoms with van der Waals surface area (Å²) in [5, 5.41) is 0. The standard InChI is InChI=1S/C10H16N2O.ClH/c1-4-5-8-13-9-12-7-6-11(3)10(12)2;/h1,6-7,10H,5,8-9H2,2-3H3;1H. The number of hydrogen-bond acceptors (Lipinski definition) is 2. The van der Waals surface area contributed by atoms with Crippen molar-refractivity contribution in [1.82, 2.24) is 4.90 Å². The minimum atomic E-state index is 0. The molecule has 0 saturated carbocycles. The van der Waals surface area contributed by atoms with Gasteiger partial charge in [0.2, 0.25) is 0 Å². The molecule has 0 aromatic heterocycles. The van der Waals surface area contributed by atoms with Crippen LogP contribution in [0, 0.1) is 12.3 Å². The van der Waals surface area contributed by atoms with Gasteiger partial charge in [-0.25, -0.2) is 0 Å². The van der Waals surface area contributed by atoms with Crippen molar-refractivity contribution < 1.29 is 22.0 Å². The lowest BCUT2D eigenvalue weighted by molar-refractivity contribution is -0.895. The molecule has 1 N–H and O–H groups in total. The van der Waals surface area contributed by atoms with Crippen molar-refractivity contribution in [2.24, 2.45) is 0 Å². The first-order valence-corrected chi connectivity index (χ1v) is 4.52. The van der Waals surface area contributed by atoms with Crippen LogP contribution < -0.4 is 17.3 Å². The van der Waals surface area contributed by atoms with E-state index in [4.69, 9.17) is 11.2 Å². The molecule has 2 atom stereocenters. The van der Waals surface area contributed by atoms with Crippen LogP contribution in [-0.4, -0.2) is 31.5 Å². The molecule has 4 heteroatoms. The highest BCUT2D eigenvalue weighted by atomic mass is 35.5. The van der Waals surface area contributed by atoms with Crippen LogP contribution in [0.1, 0.15) is 13.3 Å². The molecule has 0 spiro atoms. The summed E-state index contributed by atoms with van der Waals surface area (Å²) in [5.41, 5.74) is 0. The Morgan fingerprint density at radius 2 is 2.36 bits per heavy atom. The van der Waals surface area contributed by atoms with E-state index in [1.807, 2.05) is 0 Å². The van der Waals surface area contributed by atoms with Gasteiger partial charge in [-0.3, -0.25) is 4.90 Å². The molecule has 0 fully saturated rings. The summed E-state index contributed by atoms with van der Waals surface area (Å²) in [6.07, 6.45) is 10.5. The minimum Gasteiger partial charge on any atom is -1.00 e. The average Bonchev–Trinajstić information content (AvgIpc) is 2.43. The molecule has 1 rings (SSSR count). The van der Waals surface area contributed by atoms with Gasteiger partial charge in [-0.15, -0.1) is 12.3 Å². The number of hydrogen-bond donors (Lipinski definition) is 1. The molecule has 0 saturated heterocycles.